The molecule has 130 valence electrons. The summed E-state index contributed by atoms with van der Waals surface area (Å²) in [4.78, 5) is 19.6. The van der Waals surface area contributed by atoms with Crippen molar-refractivity contribution in [3.63, 3.8) is 0 Å². The van der Waals surface area contributed by atoms with Crippen LogP contribution in [0.15, 0.2) is 48.8 Å². The molecule has 0 saturated carbocycles. The van der Waals surface area contributed by atoms with E-state index >= 15 is 0 Å². The highest BCUT2D eigenvalue weighted by atomic mass is 16.1. The van der Waals surface area contributed by atoms with Gasteiger partial charge in [-0.25, -0.2) is 0 Å². The van der Waals surface area contributed by atoms with Crippen molar-refractivity contribution in [3.8, 4) is 0 Å². The molecule has 1 N–H and O–H groups in total. The number of pyridine rings is 1. The quantitative estimate of drug-likeness (QED) is 0.934. The third-order valence-electron chi connectivity index (χ3n) is 5.71. The first-order valence-corrected chi connectivity index (χ1v) is 9.21. The zero-order valence-corrected chi connectivity index (χ0v) is 14.7. The summed E-state index contributed by atoms with van der Waals surface area (Å²) >= 11 is 0. The first-order valence-electron chi connectivity index (χ1n) is 9.21. The van der Waals surface area contributed by atoms with E-state index in [9.17, 15) is 4.79 Å². The van der Waals surface area contributed by atoms with Gasteiger partial charge in [-0.2, -0.15) is 0 Å². The fourth-order valence-corrected chi connectivity index (χ4v) is 4.40. The Hall–Kier alpha value is -2.20. The summed E-state index contributed by atoms with van der Waals surface area (Å²) in [7, 11) is 0. The Morgan fingerprint density at radius 2 is 2.08 bits per heavy atom. The molecular formula is C21H25N3O. The summed E-state index contributed by atoms with van der Waals surface area (Å²) in [6, 6.07) is 12.6. The van der Waals surface area contributed by atoms with Gasteiger partial charge in [0.15, 0.2) is 0 Å². The predicted molar refractivity (Wildman–Crippen MR) is 98.5 cm³/mol. The van der Waals surface area contributed by atoms with Gasteiger partial charge in [0.25, 0.3) is 5.91 Å². The maximum absolute atomic E-state index is 12.8. The summed E-state index contributed by atoms with van der Waals surface area (Å²) in [6.45, 7) is 4.31. The topological polar surface area (TPSA) is 45.2 Å². The average molecular weight is 335 g/mol. The Bertz CT molecular complexity index is 738. The fourth-order valence-electron chi connectivity index (χ4n) is 4.40. The number of carbonyl (C=O) groups excluding carboxylic acids is 1. The van der Waals surface area contributed by atoms with Gasteiger partial charge in [0, 0.05) is 30.0 Å². The van der Waals surface area contributed by atoms with E-state index in [-0.39, 0.29) is 11.9 Å². The molecule has 0 spiro atoms. The van der Waals surface area contributed by atoms with E-state index in [2.05, 4.69) is 21.3 Å². The molecule has 3 aliphatic heterocycles. The highest BCUT2D eigenvalue weighted by Gasteiger charge is 2.42. The van der Waals surface area contributed by atoms with E-state index in [1.165, 1.54) is 18.4 Å². The maximum Gasteiger partial charge on any atom is 0.251 e. The van der Waals surface area contributed by atoms with E-state index in [1.807, 2.05) is 49.6 Å². The van der Waals surface area contributed by atoms with Crippen LogP contribution in [0.5, 0.6) is 0 Å². The zero-order valence-electron chi connectivity index (χ0n) is 14.7. The van der Waals surface area contributed by atoms with Gasteiger partial charge >= 0.3 is 0 Å². The second-order valence-corrected chi connectivity index (χ2v) is 7.37. The fraction of sp³-hybridized carbons (Fsp3) is 0.429. The number of aryl methyl sites for hydroxylation is 1. The van der Waals surface area contributed by atoms with Crippen LogP contribution >= 0.6 is 0 Å². The van der Waals surface area contributed by atoms with Crippen molar-refractivity contribution >= 4 is 5.91 Å². The van der Waals surface area contributed by atoms with Crippen molar-refractivity contribution < 1.29 is 4.79 Å². The van der Waals surface area contributed by atoms with Crippen LogP contribution in [0, 0.1) is 12.8 Å². The Labute approximate surface area is 149 Å². The van der Waals surface area contributed by atoms with E-state index in [4.69, 9.17) is 0 Å². The molecule has 5 rings (SSSR count). The van der Waals surface area contributed by atoms with Crippen molar-refractivity contribution in [3.05, 3.63) is 65.5 Å². The molecule has 1 aromatic carbocycles. The van der Waals surface area contributed by atoms with Crippen LogP contribution in [-0.2, 0) is 6.42 Å². The SMILES string of the molecule is Cc1cccc(C(=O)NC2C3CCN(CC3)C2Cc2cccnc2)c1. The molecular weight excluding hydrogens is 310 g/mol. The molecule has 25 heavy (non-hydrogen) atoms. The molecule has 0 aliphatic carbocycles. The van der Waals surface area contributed by atoms with Crippen LogP contribution in [0.4, 0.5) is 0 Å². The van der Waals surface area contributed by atoms with Crippen LogP contribution in [0.2, 0.25) is 0 Å². The third kappa shape index (κ3) is 3.45. The second-order valence-electron chi connectivity index (χ2n) is 7.37. The van der Waals surface area contributed by atoms with Gasteiger partial charge in [-0.15, -0.1) is 0 Å². The van der Waals surface area contributed by atoms with Crippen molar-refractivity contribution in [2.75, 3.05) is 13.1 Å². The zero-order chi connectivity index (χ0) is 17.2. The highest BCUT2D eigenvalue weighted by Crippen LogP contribution is 2.34. The van der Waals surface area contributed by atoms with Gasteiger partial charge in [0.05, 0.1) is 0 Å². The van der Waals surface area contributed by atoms with Crippen LogP contribution in [-0.4, -0.2) is 41.0 Å². The third-order valence-corrected chi connectivity index (χ3v) is 5.71. The summed E-state index contributed by atoms with van der Waals surface area (Å²) in [6.07, 6.45) is 7.07. The van der Waals surface area contributed by atoms with Crippen LogP contribution in [0.1, 0.15) is 34.3 Å². The predicted octanol–water partition coefficient (Wildman–Crippen LogP) is 2.83. The van der Waals surface area contributed by atoms with Crippen molar-refractivity contribution in [2.45, 2.75) is 38.3 Å². The molecule has 4 heterocycles. The van der Waals surface area contributed by atoms with Gasteiger partial charge < -0.3 is 5.32 Å². The van der Waals surface area contributed by atoms with Crippen molar-refractivity contribution in [2.24, 2.45) is 5.92 Å². The minimum Gasteiger partial charge on any atom is -0.347 e. The van der Waals surface area contributed by atoms with Crippen LogP contribution in [0.25, 0.3) is 0 Å². The lowest BCUT2D eigenvalue weighted by Gasteiger charge is -2.51. The molecule has 1 amide bonds. The summed E-state index contributed by atoms with van der Waals surface area (Å²) in [5.74, 6) is 0.638. The molecule has 3 fully saturated rings. The standard InChI is InChI=1S/C21H25N3O/c1-15-4-2-6-18(12-15)21(25)23-20-17-7-10-24(11-8-17)19(20)13-16-5-3-9-22-14-16/h2-6,9,12,14,17,19-20H,7-8,10-11,13H2,1H3,(H,23,25). The molecule has 2 atom stereocenters. The summed E-state index contributed by atoms with van der Waals surface area (Å²) < 4.78 is 0. The molecule has 1 aromatic heterocycles. The van der Waals surface area contributed by atoms with Gasteiger partial charge in [0.1, 0.15) is 0 Å². The number of nitrogens with zero attached hydrogens (tertiary/aromatic N) is 2. The van der Waals surface area contributed by atoms with E-state index in [1.54, 1.807) is 0 Å². The van der Waals surface area contributed by atoms with Gasteiger partial charge in [0.2, 0.25) is 0 Å². The summed E-state index contributed by atoms with van der Waals surface area (Å²) in [5, 5.41) is 3.36. The number of amides is 1. The molecule has 4 heteroatoms. The smallest absolute Gasteiger partial charge is 0.251 e. The van der Waals surface area contributed by atoms with Gasteiger partial charge in [-0.3, -0.25) is 14.7 Å². The number of piperidine rings is 3. The maximum atomic E-state index is 12.8. The van der Waals surface area contributed by atoms with Crippen molar-refractivity contribution in [1.82, 2.24) is 15.2 Å². The first kappa shape index (κ1) is 16.3. The van der Waals surface area contributed by atoms with Crippen LogP contribution in [0.3, 0.4) is 0 Å². The Balaban J connectivity index is 1.54. The molecule has 2 aromatic rings. The Morgan fingerprint density at radius 3 is 2.80 bits per heavy atom. The average Bonchev–Trinajstić information content (AvgIpc) is 2.65. The molecule has 0 radical (unpaired) electrons. The number of benzene rings is 1. The Morgan fingerprint density at radius 1 is 1.24 bits per heavy atom. The van der Waals surface area contributed by atoms with E-state index in [0.717, 1.165) is 30.6 Å². The monoisotopic (exact) mass is 335 g/mol. The highest BCUT2D eigenvalue weighted by molar-refractivity contribution is 5.94. The lowest BCUT2D eigenvalue weighted by atomic mass is 9.76. The minimum atomic E-state index is 0.0543. The summed E-state index contributed by atoms with van der Waals surface area (Å²) in [5.41, 5.74) is 3.12. The number of hydrogen-bond donors (Lipinski definition) is 1. The molecule has 4 nitrogen and oxygen atoms in total. The molecule has 2 bridgehead atoms. The van der Waals surface area contributed by atoms with E-state index in [0.29, 0.717) is 12.0 Å². The number of aromatic nitrogens is 1. The van der Waals surface area contributed by atoms with Crippen LogP contribution < -0.4 is 5.32 Å². The van der Waals surface area contributed by atoms with Crippen molar-refractivity contribution in [1.29, 1.82) is 0 Å². The first-order chi connectivity index (χ1) is 12.2. The number of carbonyl (C=O) groups is 1. The number of hydrogen-bond acceptors (Lipinski definition) is 3. The number of rotatable bonds is 4. The van der Waals surface area contributed by atoms with E-state index < -0.39 is 0 Å². The molecule has 3 saturated heterocycles. The second kappa shape index (κ2) is 6.96. The molecule has 3 aliphatic rings. The minimum absolute atomic E-state index is 0.0543. The lowest BCUT2D eigenvalue weighted by Crippen LogP contribution is -2.64. The number of nitrogens with one attached hydrogen (secondary N) is 1. The Kier molecular flexibility index (Phi) is 4.53. The largest absolute Gasteiger partial charge is 0.347 e. The number of fused-ring (bicyclic) bond motifs is 3. The van der Waals surface area contributed by atoms with Gasteiger partial charge in [-0.1, -0.05) is 23.8 Å². The molecule has 2 unspecified atom stereocenters. The van der Waals surface area contributed by atoms with Gasteiger partial charge in [-0.05, 0) is 69.0 Å². The lowest BCUT2D eigenvalue weighted by molar-refractivity contribution is 0.0136. The normalized spacial score (nSPS) is 27.9.